The highest BCUT2D eigenvalue weighted by Crippen LogP contribution is 2.32. The second kappa shape index (κ2) is 9.33. The minimum Gasteiger partial charge on any atom is -0.457 e. The summed E-state index contributed by atoms with van der Waals surface area (Å²) in [5.74, 6) is -0.0849. The van der Waals surface area contributed by atoms with Gasteiger partial charge in [-0.15, -0.1) is 0 Å². The molecule has 172 valence electrons. The number of furan rings is 1. The van der Waals surface area contributed by atoms with Crippen LogP contribution >= 0.6 is 23.8 Å². The summed E-state index contributed by atoms with van der Waals surface area (Å²) in [6, 6.07) is 27.1. The summed E-state index contributed by atoms with van der Waals surface area (Å²) in [5.41, 5.74) is 2.90. The molecule has 0 spiro atoms. The summed E-state index contributed by atoms with van der Waals surface area (Å²) in [7, 11) is 0. The first-order valence-corrected chi connectivity index (χ1v) is 11.6. The molecule has 0 atom stereocenters. The Morgan fingerprint density at radius 3 is 1.94 bits per heavy atom. The largest absolute Gasteiger partial charge is 0.457 e. The highest BCUT2D eigenvalue weighted by Gasteiger charge is 2.41. The number of nitrogens with zero attached hydrogens (tertiary/aromatic N) is 2. The second-order valence-electron chi connectivity index (χ2n) is 7.95. The van der Waals surface area contributed by atoms with Gasteiger partial charge in [-0.2, -0.15) is 0 Å². The van der Waals surface area contributed by atoms with Crippen molar-refractivity contribution in [1.29, 1.82) is 0 Å². The molecule has 2 heterocycles. The minimum atomic E-state index is -0.518. The lowest BCUT2D eigenvalue weighted by molar-refractivity contribution is -0.120. The molecule has 0 aliphatic carbocycles. The molecule has 0 bridgehead atoms. The Kier molecular flexibility index (Phi) is 6.07. The number of thiocarbonyl (C=S) groups is 1. The molecule has 1 aliphatic heterocycles. The van der Waals surface area contributed by atoms with Crippen LogP contribution in [0.25, 0.3) is 17.4 Å². The quantitative estimate of drug-likeness (QED) is 0.179. The van der Waals surface area contributed by atoms with Crippen molar-refractivity contribution < 1.29 is 14.0 Å². The number of halogens is 1. The second-order valence-corrected chi connectivity index (χ2v) is 8.76. The molecule has 0 radical (unpaired) electrons. The summed E-state index contributed by atoms with van der Waals surface area (Å²) >= 11 is 11.8. The molecule has 1 saturated heterocycles. The van der Waals surface area contributed by atoms with Gasteiger partial charge in [-0.1, -0.05) is 54.1 Å². The maximum absolute atomic E-state index is 13.6. The number of anilines is 2. The molecular weight excluding hydrogens is 480 g/mol. The van der Waals surface area contributed by atoms with Gasteiger partial charge in [-0.3, -0.25) is 19.4 Å². The molecule has 4 aromatic rings. The van der Waals surface area contributed by atoms with Gasteiger partial charge in [0.1, 0.15) is 17.1 Å². The molecule has 0 unspecified atom stereocenters. The molecule has 1 aromatic heterocycles. The summed E-state index contributed by atoms with van der Waals surface area (Å²) in [4.78, 5) is 29.9. The number of amides is 2. The van der Waals surface area contributed by atoms with Gasteiger partial charge >= 0.3 is 0 Å². The lowest BCUT2D eigenvalue weighted by Crippen LogP contribution is -2.56. The standard InChI is InChI=1S/C28H19ClN2O3S/c1-18-12-13-19(29)16-23(18)25-15-14-22(34-25)17-24-26(32)30(20-8-4-2-5-9-20)28(35)31(27(24)33)21-10-6-3-7-11-21/h2-17H,1H3. The number of hydrogen-bond donors (Lipinski definition) is 0. The Bertz CT molecular complexity index is 1420. The first kappa shape index (κ1) is 22.8. The molecule has 2 amide bonds. The molecular formula is C28H19ClN2O3S. The maximum atomic E-state index is 13.6. The van der Waals surface area contributed by atoms with E-state index in [9.17, 15) is 9.59 Å². The summed E-state index contributed by atoms with van der Waals surface area (Å²) in [6.07, 6.45) is 1.46. The highest BCUT2D eigenvalue weighted by molar-refractivity contribution is 7.81. The Hall–Kier alpha value is -4.00. The third kappa shape index (κ3) is 4.30. The molecule has 0 saturated carbocycles. The zero-order valence-electron chi connectivity index (χ0n) is 18.6. The predicted octanol–water partition coefficient (Wildman–Crippen LogP) is 6.66. The highest BCUT2D eigenvalue weighted by atomic mass is 35.5. The van der Waals surface area contributed by atoms with Gasteiger partial charge in [0, 0.05) is 10.6 Å². The van der Waals surface area contributed by atoms with E-state index in [1.165, 1.54) is 15.9 Å². The maximum Gasteiger partial charge on any atom is 0.270 e. The van der Waals surface area contributed by atoms with E-state index in [-0.39, 0.29) is 10.7 Å². The van der Waals surface area contributed by atoms with Crippen molar-refractivity contribution in [2.24, 2.45) is 0 Å². The average molecular weight is 499 g/mol. The van der Waals surface area contributed by atoms with E-state index in [0.717, 1.165) is 11.1 Å². The van der Waals surface area contributed by atoms with Crippen LogP contribution in [0.2, 0.25) is 5.02 Å². The first-order valence-electron chi connectivity index (χ1n) is 10.8. The summed E-state index contributed by atoms with van der Waals surface area (Å²) in [6.45, 7) is 1.96. The van der Waals surface area contributed by atoms with Crippen molar-refractivity contribution in [1.82, 2.24) is 0 Å². The molecule has 5 nitrogen and oxygen atoms in total. The van der Waals surface area contributed by atoms with Crippen LogP contribution < -0.4 is 9.80 Å². The first-order chi connectivity index (χ1) is 16.9. The molecule has 5 rings (SSSR count). The number of aryl methyl sites for hydroxylation is 1. The molecule has 3 aromatic carbocycles. The number of rotatable bonds is 4. The Morgan fingerprint density at radius 1 is 0.800 bits per heavy atom. The smallest absolute Gasteiger partial charge is 0.270 e. The summed E-state index contributed by atoms with van der Waals surface area (Å²) in [5, 5.41) is 0.675. The van der Waals surface area contributed by atoms with E-state index in [0.29, 0.717) is 27.9 Å². The SMILES string of the molecule is Cc1ccc(Cl)cc1-c1ccc(C=C2C(=O)N(c3ccccc3)C(=S)N(c3ccccc3)C2=O)o1. The van der Waals surface area contributed by atoms with Gasteiger partial charge in [0.25, 0.3) is 11.8 Å². The van der Waals surface area contributed by atoms with Gasteiger partial charge in [-0.05, 0) is 79.3 Å². The fourth-order valence-corrected chi connectivity index (χ4v) is 4.46. The fourth-order valence-electron chi connectivity index (χ4n) is 3.92. The van der Waals surface area contributed by atoms with Gasteiger partial charge in [-0.25, -0.2) is 0 Å². The fraction of sp³-hybridized carbons (Fsp3) is 0.0357. The van der Waals surface area contributed by atoms with Crippen molar-refractivity contribution in [2.75, 3.05) is 9.80 Å². The molecule has 35 heavy (non-hydrogen) atoms. The van der Waals surface area contributed by atoms with Crippen LogP contribution in [0.5, 0.6) is 0 Å². The van der Waals surface area contributed by atoms with Gasteiger partial charge in [0.15, 0.2) is 5.11 Å². The third-order valence-corrected chi connectivity index (χ3v) is 6.26. The van der Waals surface area contributed by atoms with Crippen molar-refractivity contribution in [3.63, 3.8) is 0 Å². The van der Waals surface area contributed by atoms with E-state index < -0.39 is 11.8 Å². The Balaban J connectivity index is 1.60. The van der Waals surface area contributed by atoms with Crippen molar-refractivity contribution in [2.45, 2.75) is 6.92 Å². The third-order valence-electron chi connectivity index (χ3n) is 5.66. The van der Waals surface area contributed by atoms with Gasteiger partial charge in [0.2, 0.25) is 0 Å². The van der Waals surface area contributed by atoms with Crippen LogP contribution in [0.3, 0.4) is 0 Å². The average Bonchev–Trinajstić information content (AvgIpc) is 3.33. The molecule has 0 N–H and O–H groups in total. The lowest BCUT2D eigenvalue weighted by Gasteiger charge is -2.36. The number of carbonyl (C=O) groups excluding carboxylic acids is 2. The number of benzene rings is 3. The Labute approximate surface area is 212 Å². The van der Waals surface area contributed by atoms with Crippen molar-refractivity contribution in [3.8, 4) is 11.3 Å². The predicted molar refractivity (Wildman–Crippen MR) is 142 cm³/mol. The number of para-hydroxylation sites is 2. The van der Waals surface area contributed by atoms with E-state index in [2.05, 4.69) is 0 Å². The number of carbonyl (C=O) groups is 2. The van der Waals surface area contributed by atoms with E-state index in [1.54, 1.807) is 36.4 Å². The minimum absolute atomic E-state index is 0.0602. The van der Waals surface area contributed by atoms with Crippen LogP contribution in [-0.2, 0) is 9.59 Å². The van der Waals surface area contributed by atoms with Crippen LogP contribution in [0.1, 0.15) is 11.3 Å². The topological polar surface area (TPSA) is 53.8 Å². The monoisotopic (exact) mass is 498 g/mol. The molecule has 7 heteroatoms. The van der Waals surface area contributed by atoms with Gasteiger partial charge in [0.05, 0.1) is 11.4 Å². The lowest BCUT2D eigenvalue weighted by atomic mass is 10.1. The normalized spacial score (nSPS) is 14.0. The Morgan fingerprint density at radius 2 is 1.37 bits per heavy atom. The number of hydrogen-bond acceptors (Lipinski definition) is 4. The summed E-state index contributed by atoms with van der Waals surface area (Å²) < 4.78 is 6.00. The molecule has 1 fully saturated rings. The molecule has 1 aliphatic rings. The van der Waals surface area contributed by atoms with Crippen LogP contribution in [0.15, 0.2) is 101 Å². The zero-order chi connectivity index (χ0) is 24.5. The van der Waals surface area contributed by atoms with Crippen LogP contribution in [0, 0.1) is 6.92 Å². The van der Waals surface area contributed by atoms with Crippen LogP contribution in [0.4, 0.5) is 11.4 Å². The zero-order valence-corrected chi connectivity index (χ0v) is 20.2. The van der Waals surface area contributed by atoms with Gasteiger partial charge < -0.3 is 4.42 Å². The van der Waals surface area contributed by atoms with E-state index >= 15 is 0 Å². The van der Waals surface area contributed by atoms with E-state index in [1.807, 2.05) is 61.5 Å². The van der Waals surface area contributed by atoms with Crippen molar-refractivity contribution in [3.05, 3.63) is 113 Å². The van der Waals surface area contributed by atoms with Crippen LogP contribution in [-0.4, -0.2) is 16.9 Å². The van der Waals surface area contributed by atoms with E-state index in [4.69, 9.17) is 28.2 Å². The van der Waals surface area contributed by atoms with Crippen molar-refractivity contribution >= 4 is 58.2 Å².